The molecule has 0 saturated heterocycles. The third-order valence-corrected chi connectivity index (χ3v) is 4.69. The summed E-state index contributed by atoms with van der Waals surface area (Å²) in [5, 5.41) is 7.86. The Morgan fingerprint density at radius 2 is 1.84 bits per heavy atom. The van der Waals surface area contributed by atoms with Gasteiger partial charge in [0.15, 0.2) is 11.6 Å². The summed E-state index contributed by atoms with van der Waals surface area (Å²) in [5.74, 6) is 1.31. The monoisotopic (exact) mass is 334 g/mol. The Bertz CT molecular complexity index is 902. The number of nitrogen functional groups attached to an aromatic ring is 1. The molecular weight excluding hydrogens is 312 g/mol. The quantitative estimate of drug-likeness (QED) is 0.668. The van der Waals surface area contributed by atoms with E-state index >= 15 is 0 Å². The Balaban J connectivity index is 1.66. The Kier molecular flexibility index (Phi) is 4.09. The van der Waals surface area contributed by atoms with E-state index in [1.807, 2.05) is 31.2 Å². The molecule has 0 unspecified atom stereocenters. The summed E-state index contributed by atoms with van der Waals surface area (Å²) in [7, 11) is 0. The first-order chi connectivity index (χ1) is 12.2. The van der Waals surface area contributed by atoms with Crippen LogP contribution in [0.3, 0.4) is 0 Å². The largest absolute Gasteiger partial charge is 0.393 e. The van der Waals surface area contributed by atoms with Crippen LogP contribution in [0.25, 0.3) is 10.9 Å². The van der Waals surface area contributed by atoms with Gasteiger partial charge >= 0.3 is 0 Å². The van der Waals surface area contributed by atoms with Crippen molar-refractivity contribution in [1.82, 2.24) is 15.0 Å². The maximum atomic E-state index is 6.31. The Labute approximate surface area is 146 Å². The van der Waals surface area contributed by atoms with Gasteiger partial charge in [-0.2, -0.15) is 0 Å². The molecule has 6 heteroatoms. The van der Waals surface area contributed by atoms with Crippen LogP contribution in [0.15, 0.2) is 36.7 Å². The van der Waals surface area contributed by atoms with Crippen LogP contribution in [0.5, 0.6) is 0 Å². The first-order valence-electron chi connectivity index (χ1n) is 8.71. The van der Waals surface area contributed by atoms with Gasteiger partial charge in [0.1, 0.15) is 12.0 Å². The molecule has 1 aliphatic carbocycles. The molecule has 2 aromatic heterocycles. The van der Waals surface area contributed by atoms with Crippen LogP contribution in [0, 0.1) is 6.92 Å². The van der Waals surface area contributed by atoms with E-state index in [1.54, 1.807) is 6.33 Å². The highest BCUT2D eigenvalue weighted by Crippen LogP contribution is 2.31. The lowest BCUT2D eigenvalue weighted by molar-refractivity contribution is 0.750. The van der Waals surface area contributed by atoms with Crippen LogP contribution < -0.4 is 16.4 Å². The van der Waals surface area contributed by atoms with Gasteiger partial charge in [-0.05, 0) is 31.9 Å². The zero-order valence-corrected chi connectivity index (χ0v) is 14.3. The van der Waals surface area contributed by atoms with Gasteiger partial charge in [-0.15, -0.1) is 0 Å². The van der Waals surface area contributed by atoms with Gasteiger partial charge in [0.05, 0.1) is 11.2 Å². The van der Waals surface area contributed by atoms with Gasteiger partial charge in [0.25, 0.3) is 0 Å². The molecule has 4 rings (SSSR count). The number of aryl methyl sites for hydroxylation is 1. The molecule has 1 fully saturated rings. The van der Waals surface area contributed by atoms with Crippen molar-refractivity contribution in [2.24, 2.45) is 0 Å². The first-order valence-corrected chi connectivity index (χ1v) is 8.71. The van der Waals surface area contributed by atoms with E-state index < -0.39 is 0 Å². The van der Waals surface area contributed by atoms with Crippen molar-refractivity contribution in [3.8, 4) is 0 Å². The first kappa shape index (κ1) is 15.6. The molecule has 1 aliphatic rings. The van der Waals surface area contributed by atoms with E-state index in [4.69, 9.17) is 5.73 Å². The highest BCUT2D eigenvalue weighted by Gasteiger charge is 2.18. The van der Waals surface area contributed by atoms with Gasteiger partial charge in [-0.1, -0.05) is 31.0 Å². The fraction of sp³-hybridized carbons (Fsp3) is 0.316. The number of pyridine rings is 1. The van der Waals surface area contributed by atoms with Crippen LogP contribution in [0.1, 0.15) is 31.4 Å². The fourth-order valence-electron chi connectivity index (χ4n) is 3.35. The van der Waals surface area contributed by atoms with Crippen molar-refractivity contribution in [1.29, 1.82) is 0 Å². The van der Waals surface area contributed by atoms with Gasteiger partial charge in [0.2, 0.25) is 0 Å². The lowest BCUT2D eigenvalue weighted by Crippen LogP contribution is -2.17. The molecule has 3 aromatic rings. The average molecular weight is 334 g/mol. The second kappa shape index (κ2) is 6.55. The molecule has 128 valence electrons. The Hall–Kier alpha value is -2.89. The molecule has 0 radical (unpaired) electrons. The number of nitrogens with one attached hydrogen (secondary N) is 2. The van der Waals surface area contributed by atoms with Crippen molar-refractivity contribution in [3.63, 3.8) is 0 Å². The highest BCUT2D eigenvalue weighted by molar-refractivity contribution is 5.93. The standard InChI is InChI=1S/C19H22N6/c1-12-9-10-13-5-4-8-15(17(13)23-12)25-19-16(20)18(21-11-22-19)24-14-6-2-3-7-14/h4-5,8-11,14H,2-3,6-7,20H2,1H3,(H2,21,22,24,25). The zero-order valence-electron chi connectivity index (χ0n) is 14.3. The molecule has 2 heterocycles. The van der Waals surface area contributed by atoms with Crippen molar-refractivity contribution in [2.75, 3.05) is 16.4 Å². The summed E-state index contributed by atoms with van der Waals surface area (Å²) in [6, 6.07) is 10.6. The van der Waals surface area contributed by atoms with Crippen LogP contribution >= 0.6 is 0 Å². The number of hydrogen-bond donors (Lipinski definition) is 3. The molecule has 0 aliphatic heterocycles. The number of nitrogens with two attached hydrogens (primary N) is 1. The van der Waals surface area contributed by atoms with E-state index in [0.29, 0.717) is 23.4 Å². The molecule has 0 bridgehead atoms. The van der Waals surface area contributed by atoms with Crippen molar-refractivity contribution >= 4 is 33.9 Å². The van der Waals surface area contributed by atoms with Crippen molar-refractivity contribution in [2.45, 2.75) is 38.6 Å². The summed E-state index contributed by atoms with van der Waals surface area (Å²) in [4.78, 5) is 13.3. The number of hydrogen-bond acceptors (Lipinski definition) is 6. The molecule has 0 amide bonds. The third-order valence-electron chi connectivity index (χ3n) is 4.69. The summed E-state index contributed by atoms with van der Waals surface area (Å²) in [6.45, 7) is 1.99. The van der Waals surface area contributed by atoms with Gasteiger partial charge < -0.3 is 16.4 Å². The predicted octanol–water partition coefficient (Wildman–Crippen LogP) is 4.01. The van der Waals surface area contributed by atoms with Crippen molar-refractivity contribution < 1.29 is 0 Å². The molecule has 6 nitrogen and oxygen atoms in total. The highest BCUT2D eigenvalue weighted by atomic mass is 15.1. The minimum absolute atomic E-state index is 0.451. The van der Waals surface area contributed by atoms with Crippen LogP contribution in [-0.4, -0.2) is 21.0 Å². The molecule has 1 aromatic carbocycles. The van der Waals surface area contributed by atoms with E-state index in [1.165, 1.54) is 25.7 Å². The maximum absolute atomic E-state index is 6.31. The fourth-order valence-corrected chi connectivity index (χ4v) is 3.35. The van der Waals surface area contributed by atoms with Crippen LogP contribution in [0.4, 0.5) is 23.0 Å². The number of anilines is 4. The second-order valence-corrected chi connectivity index (χ2v) is 6.57. The molecular formula is C19H22N6. The van der Waals surface area contributed by atoms with Crippen molar-refractivity contribution in [3.05, 3.63) is 42.4 Å². The van der Waals surface area contributed by atoms with E-state index in [9.17, 15) is 0 Å². The zero-order chi connectivity index (χ0) is 17.2. The third kappa shape index (κ3) is 3.20. The summed E-state index contributed by atoms with van der Waals surface area (Å²) >= 11 is 0. The summed E-state index contributed by atoms with van der Waals surface area (Å²) < 4.78 is 0. The summed E-state index contributed by atoms with van der Waals surface area (Å²) in [5.41, 5.74) is 9.62. The van der Waals surface area contributed by atoms with E-state index in [0.717, 1.165) is 22.3 Å². The Morgan fingerprint density at radius 3 is 2.68 bits per heavy atom. The number of fused-ring (bicyclic) bond motifs is 1. The number of benzene rings is 1. The lowest BCUT2D eigenvalue weighted by atomic mass is 10.1. The van der Waals surface area contributed by atoms with Crippen LogP contribution in [0.2, 0.25) is 0 Å². The minimum Gasteiger partial charge on any atom is -0.393 e. The van der Waals surface area contributed by atoms with Gasteiger partial charge in [0, 0.05) is 17.1 Å². The van der Waals surface area contributed by atoms with Crippen LogP contribution in [-0.2, 0) is 0 Å². The molecule has 1 saturated carbocycles. The number of para-hydroxylation sites is 1. The smallest absolute Gasteiger partial charge is 0.159 e. The normalized spacial score (nSPS) is 14.8. The number of rotatable bonds is 4. The van der Waals surface area contributed by atoms with Gasteiger partial charge in [-0.25, -0.2) is 9.97 Å². The second-order valence-electron chi connectivity index (χ2n) is 6.57. The Morgan fingerprint density at radius 1 is 1.04 bits per heavy atom. The number of nitrogens with zero attached hydrogens (tertiary/aromatic N) is 3. The van der Waals surface area contributed by atoms with Gasteiger partial charge in [-0.3, -0.25) is 4.98 Å². The molecule has 25 heavy (non-hydrogen) atoms. The predicted molar refractivity (Wildman–Crippen MR) is 102 cm³/mol. The minimum atomic E-state index is 0.451. The molecule has 0 spiro atoms. The molecule has 0 atom stereocenters. The van der Waals surface area contributed by atoms with E-state index in [-0.39, 0.29) is 0 Å². The average Bonchev–Trinajstić information content (AvgIpc) is 3.12. The summed E-state index contributed by atoms with van der Waals surface area (Å²) in [6.07, 6.45) is 6.39. The molecule has 4 N–H and O–H groups in total. The number of aromatic nitrogens is 3. The lowest BCUT2D eigenvalue weighted by Gasteiger charge is -2.16. The topological polar surface area (TPSA) is 88.8 Å². The SMILES string of the molecule is Cc1ccc2cccc(Nc3ncnc(NC4CCCC4)c3N)c2n1. The van der Waals surface area contributed by atoms with E-state index in [2.05, 4.69) is 31.7 Å². The maximum Gasteiger partial charge on any atom is 0.159 e.